The van der Waals surface area contributed by atoms with E-state index in [2.05, 4.69) is 15.1 Å². The monoisotopic (exact) mass is 346 g/mol. The molecule has 2 rings (SSSR count). The van der Waals surface area contributed by atoms with Gasteiger partial charge >= 0.3 is 0 Å². The van der Waals surface area contributed by atoms with E-state index in [0.717, 1.165) is 31.7 Å². The number of nitrogens with zero attached hydrogens (tertiary/aromatic N) is 3. The number of rotatable bonds is 8. The molecule has 6 nitrogen and oxygen atoms in total. The molecule has 0 bridgehead atoms. The van der Waals surface area contributed by atoms with Crippen LogP contribution in [0.15, 0.2) is 24.3 Å². The third kappa shape index (κ3) is 6.38. The molecule has 1 aromatic rings. The number of nitrogens with one attached hydrogen (secondary N) is 1. The number of benzene rings is 1. The van der Waals surface area contributed by atoms with Crippen LogP contribution in [-0.4, -0.2) is 68.4 Å². The van der Waals surface area contributed by atoms with Crippen molar-refractivity contribution in [1.29, 1.82) is 0 Å². The van der Waals surface area contributed by atoms with Gasteiger partial charge in [-0.3, -0.25) is 9.59 Å². The fourth-order valence-corrected chi connectivity index (χ4v) is 3.03. The summed E-state index contributed by atoms with van der Waals surface area (Å²) in [5.41, 5.74) is 1.97. The molecule has 0 aliphatic carbocycles. The van der Waals surface area contributed by atoms with E-state index in [1.807, 2.05) is 38.4 Å². The van der Waals surface area contributed by atoms with E-state index in [9.17, 15) is 9.59 Å². The summed E-state index contributed by atoms with van der Waals surface area (Å²) in [6, 6.07) is 7.94. The number of hydrogen-bond donors (Lipinski definition) is 1. The third-order valence-electron chi connectivity index (χ3n) is 4.44. The molecule has 1 saturated heterocycles. The van der Waals surface area contributed by atoms with E-state index in [4.69, 9.17) is 0 Å². The van der Waals surface area contributed by atoms with E-state index >= 15 is 0 Å². The van der Waals surface area contributed by atoms with Gasteiger partial charge in [-0.25, -0.2) is 0 Å². The molecule has 25 heavy (non-hydrogen) atoms. The zero-order valence-electron chi connectivity index (χ0n) is 15.6. The van der Waals surface area contributed by atoms with Crippen LogP contribution in [0.2, 0.25) is 0 Å². The predicted octanol–water partition coefficient (Wildman–Crippen LogP) is 2.03. The minimum absolute atomic E-state index is 0.0710. The lowest BCUT2D eigenvalue weighted by Gasteiger charge is -2.22. The number of carbonyl (C=O) groups is 2. The molecule has 1 aromatic carbocycles. The van der Waals surface area contributed by atoms with E-state index in [-0.39, 0.29) is 18.4 Å². The summed E-state index contributed by atoms with van der Waals surface area (Å²) in [6.07, 6.45) is 3.34. The highest BCUT2D eigenvalue weighted by atomic mass is 16.2. The van der Waals surface area contributed by atoms with Gasteiger partial charge in [-0.2, -0.15) is 0 Å². The van der Waals surface area contributed by atoms with Crippen LogP contribution < -0.4 is 10.2 Å². The fraction of sp³-hybridized carbons (Fsp3) is 0.579. The normalized spacial score (nSPS) is 14.0. The van der Waals surface area contributed by atoms with Crippen molar-refractivity contribution in [3.63, 3.8) is 0 Å². The van der Waals surface area contributed by atoms with Crippen LogP contribution in [0.5, 0.6) is 0 Å². The smallest absolute Gasteiger partial charge is 0.243 e. The Morgan fingerprint density at radius 3 is 2.28 bits per heavy atom. The summed E-state index contributed by atoms with van der Waals surface area (Å²) in [5.74, 6) is -0.229. The third-order valence-corrected chi connectivity index (χ3v) is 4.44. The molecule has 0 radical (unpaired) electrons. The van der Waals surface area contributed by atoms with Gasteiger partial charge < -0.3 is 20.0 Å². The Bertz CT molecular complexity index is 565. The molecule has 1 fully saturated rings. The molecule has 0 saturated carbocycles. The number of carbonyl (C=O) groups excluding carboxylic acids is 2. The van der Waals surface area contributed by atoms with Crippen molar-refractivity contribution in [1.82, 2.24) is 9.80 Å². The average Bonchev–Trinajstić information content (AvgIpc) is 3.08. The van der Waals surface area contributed by atoms with Crippen molar-refractivity contribution in [2.24, 2.45) is 0 Å². The minimum atomic E-state index is -0.158. The lowest BCUT2D eigenvalue weighted by Crippen LogP contribution is -2.38. The average molecular weight is 346 g/mol. The Balaban J connectivity index is 1.83. The molecule has 0 atom stereocenters. The van der Waals surface area contributed by atoms with Crippen molar-refractivity contribution in [2.45, 2.75) is 26.2 Å². The van der Waals surface area contributed by atoms with Crippen LogP contribution in [0.1, 0.15) is 26.2 Å². The van der Waals surface area contributed by atoms with Crippen molar-refractivity contribution >= 4 is 23.2 Å². The topological polar surface area (TPSA) is 55.9 Å². The van der Waals surface area contributed by atoms with E-state index < -0.39 is 0 Å². The van der Waals surface area contributed by atoms with Crippen LogP contribution in [0.4, 0.5) is 11.4 Å². The van der Waals surface area contributed by atoms with Crippen LogP contribution >= 0.6 is 0 Å². The van der Waals surface area contributed by atoms with Gasteiger partial charge in [0.25, 0.3) is 0 Å². The van der Waals surface area contributed by atoms with Crippen LogP contribution in [0.25, 0.3) is 0 Å². The molecule has 6 heteroatoms. The summed E-state index contributed by atoms with van der Waals surface area (Å²) in [6.45, 7) is 5.29. The number of amides is 2. The maximum Gasteiger partial charge on any atom is 0.243 e. The fourth-order valence-electron chi connectivity index (χ4n) is 3.03. The summed E-state index contributed by atoms with van der Waals surface area (Å²) in [4.78, 5) is 30.0. The first-order valence-electron chi connectivity index (χ1n) is 9.01. The first-order valence-corrected chi connectivity index (χ1v) is 9.01. The molecule has 1 N–H and O–H groups in total. The first kappa shape index (κ1) is 19.2. The zero-order valence-corrected chi connectivity index (χ0v) is 15.6. The Labute approximate surface area is 150 Å². The van der Waals surface area contributed by atoms with Crippen molar-refractivity contribution in [3.05, 3.63) is 24.3 Å². The second kappa shape index (κ2) is 9.42. The SMILES string of the molecule is CC(=O)N(CCCN(C)C)CC(=O)Nc1ccc(N2CCCC2)cc1. The summed E-state index contributed by atoms with van der Waals surface area (Å²) < 4.78 is 0. The van der Waals surface area contributed by atoms with E-state index in [1.54, 1.807) is 4.90 Å². The molecule has 0 unspecified atom stereocenters. The second-order valence-electron chi connectivity index (χ2n) is 6.89. The molecule has 1 aliphatic rings. The van der Waals surface area contributed by atoms with Gasteiger partial charge in [-0.15, -0.1) is 0 Å². The van der Waals surface area contributed by atoms with E-state index in [0.29, 0.717) is 6.54 Å². The van der Waals surface area contributed by atoms with Gasteiger partial charge in [0, 0.05) is 37.9 Å². The van der Waals surface area contributed by atoms with Crippen LogP contribution in [-0.2, 0) is 9.59 Å². The highest BCUT2D eigenvalue weighted by Crippen LogP contribution is 2.22. The molecule has 2 amide bonds. The lowest BCUT2D eigenvalue weighted by molar-refractivity contribution is -0.132. The molecule has 1 heterocycles. The maximum atomic E-state index is 12.2. The summed E-state index contributed by atoms with van der Waals surface area (Å²) in [7, 11) is 3.99. The molecule has 138 valence electrons. The zero-order chi connectivity index (χ0) is 18.2. The highest BCUT2D eigenvalue weighted by molar-refractivity contribution is 5.94. The Morgan fingerprint density at radius 1 is 1.08 bits per heavy atom. The summed E-state index contributed by atoms with van der Waals surface area (Å²) in [5, 5.41) is 2.88. The molecule has 0 spiro atoms. The molecular weight excluding hydrogens is 316 g/mol. The Morgan fingerprint density at radius 2 is 1.72 bits per heavy atom. The van der Waals surface area contributed by atoms with Crippen molar-refractivity contribution < 1.29 is 9.59 Å². The van der Waals surface area contributed by atoms with Gasteiger partial charge in [0.2, 0.25) is 11.8 Å². The molecule has 1 aliphatic heterocycles. The second-order valence-corrected chi connectivity index (χ2v) is 6.89. The number of hydrogen-bond acceptors (Lipinski definition) is 4. The number of anilines is 2. The van der Waals surface area contributed by atoms with Gasteiger partial charge in [0.05, 0.1) is 6.54 Å². The van der Waals surface area contributed by atoms with Gasteiger partial charge in [0.1, 0.15) is 0 Å². The van der Waals surface area contributed by atoms with Gasteiger partial charge in [-0.05, 0) is 64.2 Å². The van der Waals surface area contributed by atoms with Gasteiger partial charge in [-0.1, -0.05) is 0 Å². The van der Waals surface area contributed by atoms with Gasteiger partial charge in [0.15, 0.2) is 0 Å². The maximum absolute atomic E-state index is 12.2. The molecular formula is C19H30N4O2. The van der Waals surface area contributed by atoms with E-state index in [1.165, 1.54) is 25.5 Å². The van der Waals surface area contributed by atoms with Crippen LogP contribution in [0, 0.1) is 0 Å². The molecule has 0 aromatic heterocycles. The first-order chi connectivity index (χ1) is 12.0. The lowest BCUT2D eigenvalue weighted by atomic mass is 10.2. The highest BCUT2D eigenvalue weighted by Gasteiger charge is 2.15. The Hall–Kier alpha value is -2.08. The minimum Gasteiger partial charge on any atom is -0.372 e. The Kier molecular flexibility index (Phi) is 7.25. The predicted molar refractivity (Wildman–Crippen MR) is 102 cm³/mol. The van der Waals surface area contributed by atoms with Crippen molar-refractivity contribution in [2.75, 3.05) is 57.0 Å². The van der Waals surface area contributed by atoms with Crippen molar-refractivity contribution in [3.8, 4) is 0 Å². The quantitative estimate of drug-likeness (QED) is 0.782. The van der Waals surface area contributed by atoms with Crippen LogP contribution in [0.3, 0.4) is 0 Å². The standard InChI is InChI=1S/C19H30N4O2/c1-16(24)23(14-6-11-21(2)3)15-19(25)20-17-7-9-18(10-8-17)22-12-4-5-13-22/h7-10H,4-6,11-15H2,1-3H3,(H,20,25). The summed E-state index contributed by atoms with van der Waals surface area (Å²) >= 11 is 0. The largest absolute Gasteiger partial charge is 0.372 e.